The van der Waals surface area contributed by atoms with Gasteiger partial charge >= 0.3 is 0 Å². The van der Waals surface area contributed by atoms with Crippen molar-refractivity contribution in [2.75, 3.05) is 31.1 Å². The molecule has 0 aromatic carbocycles. The lowest BCUT2D eigenvalue weighted by atomic mass is 10.2. The van der Waals surface area contributed by atoms with E-state index in [4.69, 9.17) is 0 Å². The molecule has 0 atom stereocenters. The molecule has 0 radical (unpaired) electrons. The Labute approximate surface area is 97.8 Å². The summed E-state index contributed by atoms with van der Waals surface area (Å²) in [7, 11) is 0. The van der Waals surface area contributed by atoms with Crippen LogP contribution in [-0.2, 0) is 4.79 Å². The molecule has 1 amide bonds. The van der Waals surface area contributed by atoms with Crippen molar-refractivity contribution < 1.29 is 4.79 Å². The van der Waals surface area contributed by atoms with Crippen LogP contribution in [0.4, 0.5) is 0 Å². The molecule has 0 aliphatic carbocycles. The maximum Gasteiger partial charge on any atom is 0.233 e. The van der Waals surface area contributed by atoms with Crippen molar-refractivity contribution in [1.29, 1.82) is 0 Å². The summed E-state index contributed by atoms with van der Waals surface area (Å²) in [5.74, 6) is 3.09. The van der Waals surface area contributed by atoms with Crippen molar-refractivity contribution in [3.05, 3.63) is 0 Å². The third-order valence-corrected chi connectivity index (χ3v) is 2.96. The summed E-state index contributed by atoms with van der Waals surface area (Å²) in [5, 5.41) is 5.88. The van der Waals surface area contributed by atoms with Crippen LogP contribution in [0.2, 0.25) is 0 Å². The smallest absolute Gasteiger partial charge is 0.233 e. The lowest BCUT2D eigenvalue weighted by Gasteiger charge is -2.06. The van der Waals surface area contributed by atoms with Gasteiger partial charge in [0.1, 0.15) is 0 Å². The highest BCUT2D eigenvalue weighted by Crippen LogP contribution is 2.07. The van der Waals surface area contributed by atoms with Gasteiger partial charge in [-0.05, 0) is 24.6 Å². The summed E-state index contributed by atoms with van der Waals surface area (Å²) >= 11 is 1.91. The molecule has 15 heavy (non-hydrogen) atoms. The number of carbonyl (C=O) groups is 1. The van der Waals surface area contributed by atoms with Gasteiger partial charge in [-0.3, -0.25) is 4.79 Å². The van der Waals surface area contributed by atoms with Crippen molar-refractivity contribution in [1.82, 2.24) is 10.6 Å². The monoisotopic (exact) mass is 232 g/mol. The van der Waals surface area contributed by atoms with E-state index in [-0.39, 0.29) is 5.91 Å². The summed E-state index contributed by atoms with van der Waals surface area (Å²) in [4.78, 5) is 11.2. The lowest BCUT2D eigenvalue weighted by Crippen LogP contribution is -2.34. The van der Waals surface area contributed by atoms with E-state index in [1.165, 1.54) is 12.2 Å². The minimum Gasteiger partial charge on any atom is -0.354 e. The summed E-state index contributed by atoms with van der Waals surface area (Å²) in [6.07, 6.45) is 1.26. The first-order chi connectivity index (χ1) is 7.16. The average Bonchev–Trinajstić information content (AvgIpc) is 2.19. The molecule has 0 bridgehead atoms. The molecule has 0 rings (SSSR count). The molecule has 0 aromatic heterocycles. The Morgan fingerprint density at radius 1 is 1.33 bits per heavy atom. The van der Waals surface area contributed by atoms with E-state index in [0.29, 0.717) is 6.54 Å². The van der Waals surface area contributed by atoms with E-state index in [1.54, 1.807) is 0 Å². The zero-order valence-corrected chi connectivity index (χ0v) is 11.0. The Morgan fingerprint density at radius 3 is 2.67 bits per heavy atom. The molecular formula is C11H24N2OS. The fraction of sp³-hybridized carbons (Fsp3) is 0.909. The number of hydrogen-bond donors (Lipinski definition) is 2. The molecule has 0 saturated carbocycles. The standard InChI is InChI=1S/C11H24N2OS/c1-4-12-9-11(14)13-6-8-15-7-5-10(2)3/h10,12H,4-9H2,1-3H3,(H,13,14). The van der Waals surface area contributed by atoms with Crippen molar-refractivity contribution >= 4 is 17.7 Å². The van der Waals surface area contributed by atoms with Crippen LogP contribution >= 0.6 is 11.8 Å². The van der Waals surface area contributed by atoms with Gasteiger partial charge in [-0.25, -0.2) is 0 Å². The van der Waals surface area contributed by atoms with Gasteiger partial charge in [0.25, 0.3) is 0 Å². The highest BCUT2D eigenvalue weighted by molar-refractivity contribution is 7.99. The molecule has 90 valence electrons. The maximum atomic E-state index is 11.2. The molecule has 4 heteroatoms. The van der Waals surface area contributed by atoms with Gasteiger partial charge in [0.05, 0.1) is 6.54 Å². The third-order valence-electron chi connectivity index (χ3n) is 1.94. The van der Waals surface area contributed by atoms with Crippen LogP contribution in [0.1, 0.15) is 27.2 Å². The first-order valence-corrected chi connectivity index (χ1v) is 6.87. The molecule has 0 unspecified atom stereocenters. The fourth-order valence-corrected chi connectivity index (χ4v) is 2.07. The second-order valence-electron chi connectivity index (χ2n) is 3.93. The predicted molar refractivity (Wildman–Crippen MR) is 68.3 cm³/mol. The predicted octanol–water partition coefficient (Wildman–Crippen LogP) is 1.49. The summed E-state index contributed by atoms with van der Waals surface area (Å²) < 4.78 is 0. The number of carbonyl (C=O) groups excluding carboxylic acids is 1. The van der Waals surface area contributed by atoms with Gasteiger partial charge < -0.3 is 10.6 Å². The van der Waals surface area contributed by atoms with E-state index in [1.807, 2.05) is 18.7 Å². The summed E-state index contributed by atoms with van der Waals surface area (Å²) in [6, 6.07) is 0. The Balaban J connectivity index is 3.13. The fourth-order valence-electron chi connectivity index (χ4n) is 0.985. The Hall–Kier alpha value is -0.220. The van der Waals surface area contributed by atoms with E-state index < -0.39 is 0 Å². The molecule has 0 saturated heterocycles. The topological polar surface area (TPSA) is 41.1 Å². The SMILES string of the molecule is CCNCC(=O)NCCSCCC(C)C. The molecule has 0 aromatic rings. The van der Waals surface area contributed by atoms with Crippen LogP contribution in [0.25, 0.3) is 0 Å². The third kappa shape index (κ3) is 11.7. The van der Waals surface area contributed by atoms with Crippen LogP contribution in [0.3, 0.4) is 0 Å². The van der Waals surface area contributed by atoms with Gasteiger partial charge in [0, 0.05) is 12.3 Å². The largest absolute Gasteiger partial charge is 0.354 e. The summed E-state index contributed by atoms with van der Waals surface area (Å²) in [6.45, 7) is 8.53. The van der Waals surface area contributed by atoms with Crippen molar-refractivity contribution in [3.8, 4) is 0 Å². The molecular weight excluding hydrogens is 208 g/mol. The highest BCUT2D eigenvalue weighted by atomic mass is 32.2. The zero-order chi connectivity index (χ0) is 11.5. The van der Waals surface area contributed by atoms with Crippen molar-refractivity contribution in [2.24, 2.45) is 5.92 Å². The Morgan fingerprint density at radius 2 is 2.07 bits per heavy atom. The van der Waals surface area contributed by atoms with Crippen LogP contribution in [0, 0.1) is 5.92 Å². The second-order valence-corrected chi connectivity index (χ2v) is 5.15. The van der Waals surface area contributed by atoms with Crippen LogP contribution in [-0.4, -0.2) is 37.0 Å². The number of rotatable bonds is 9. The zero-order valence-electron chi connectivity index (χ0n) is 10.1. The molecule has 0 fully saturated rings. The second kappa shape index (κ2) is 10.3. The van der Waals surface area contributed by atoms with E-state index >= 15 is 0 Å². The van der Waals surface area contributed by atoms with Crippen LogP contribution < -0.4 is 10.6 Å². The first kappa shape index (κ1) is 14.8. The quantitative estimate of drug-likeness (QED) is 0.592. The van der Waals surface area contributed by atoms with E-state index in [0.717, 1.165) is 24.8 Å². The van der Waals surface area contributed by atoms with Gasteiger partial charge in [-0.2, -0.15) is 11.8 Å². The normalized spacial score (nSPS) is 10.7. The van der Waals surface area contributed by atoms with E-state index in [2.05, 4.69) is 24.5 Å². The number of likely N-dealkylation sites (N-methyl/N-ethyl adjacent to an activating group) is 1. The van der Waals surface area contributed by atoms with Gasteiger partial charge in [0.2, 0.25) is 5.91 Å². The van der Waals surface area contributed by atoms with Crippen molar-refractivity contribution in [3.63, 3.8) is 0 Å². The number of hydrogen-bond acceptors (Lipinski definition) is 3. The lowest BCUT2D eigenvalue weighted by molar-refractivity contribution is -0.120. The number of amides is 1. The van der Waals surface area contributed by atoms with Crippen LogP contribution in [0.5, 0.6) is 0 Å². The molecule has 0 heterocycles. The number of thioether (sulfide) groups is 1. The minimum absolute atomic E-state index is 0.0984. The van der Waals surface area contributed by atoms with Gasteiger partial charge in [-0.1, -0.05) is 20.8 Å². The first-order valence-electron chi connectivity index (χ1n) is 5.72. The molecule has 3 nitrogen and oxygen atoms in total. The minimum atomic E-state index is 0.0984. The highest BCUT2D eigenvalue weighted by Gasteiger charge is 1.98. The Kier molecular flexibility index (Phi) is 10.2. The maximum absolute atomic E-state index is 11.2. The average molecular weight is 232 g/mol. The number of nitrogens with one attached hydrogen (secondary N) is 2. The molecule has 2 N–H and O–H groups in total. The summed E-state index contributed by atoms with van der Waals surface area (Å²) in [5.41, 5.74) is 0. The van der Waals surface area contributed by atoms with Gasteiger partial charge in [0.15, 0.2) is 0 Å². The van der Waals surface area contributed by atoms with Crippen molar-refractivity contribution in [2.45, 2.75) is 27.2 Å². The van der Waals surface area contributed by atoms with Crippen LogP contribution in [0.15, 0.2) is 0 Å². The Bertz CT molecular complexity index is 163. The van der Waals surface area contributed by atoms with Gasteiger partial charge in [-0.15, -0.1) is 0 Å². The molecule has 0 aliphatic rings. The van der Waals surface area contributed by atoms with E-state index in [9.17, 15) is 4.79 Å². The molecule has 0 spiro atoms. The molecule has 0 aliphatic heterocycles.